The molecule has 1 amide bonds. The van der Waals surface area contributed by atoms with E-state index in [-0.39, 0.29) is 24.6 Å². The Hall–Kier alpha value is -2.39. The van der Waals surface area contributed by atoms with Gasteiger partial charge in [-0.05, 0) is 37.1 Å². The standard InChI is InChI=1S/C24H27F3N2O3.ClH/c25-24(26,27)23(18-21-15-7-8-16-28-21,31-17-9-12-19-10-3-1-4-11-19)32-29-22(30)20-13-5-2-6-14-20;/h1-6,9-14,21,28H,7-8,15-18H2,(H,29,30);1H/b12-9+;. The number of rotatable bonds is 9. The number of ether oxygens (including phenoxy) is 1. The lowest BCUT2D eigenvalue weighted by molar-refractivity contribution is -0.394. The summed E-state index contributed by atoms with van der Waals surface area (Å²) in [6, 6.07) is 16.6. The predicted molar refractivity (Wildman–Crippen MR) is 123 cm³/mol. The van der Waals surface area contributed by atoms with Crippen LogP contribution < -0.4 is 10.8 Å². The first-order chi connectivity index (χ1) is 15.4. The van der Waals surface area contributed by atoms with Gasteiger partial charge in [-0.15, -0.1) is 12.4 Å². The van der Waals surface area contributed by atoms with Crippen molar-refractivity contribution in [1.29, 1.82) is 0 Å². The summed E-state index contributed by atoms with van der Waals surface area (Å²) in [5.74, 6) is -3.77. The van der Waals surface area contributed by atoms with E-state index >= 15 is 0 Å². The highest BCUT2D eigenvalue weighted by atomic mass is 35.5. The number of hydrogen-bond acceptors (Lipinski definition) is 4. The second-order valence-corrected chi connectivity index (χ2v) is 7.62. The molecule has 9 heteroatoms. The van der Waals surface area contributed by atoms with Gasteiger partial charge in [-0.1, -0.05) is 67.1 Å². The van der Waals surface area contributed by atoms with Crippen molar-refractivity contribution in [3.8, 4) is 0 Å². The number of nitrogens with one attached hydrogen (secondary N) is 2. The van der Waals surface area contributed by atoms with Crippen molar-refractivity contribution in [3.63, 3.8) is 0 Å². The van der Waals surface area contributed by atoms with Crippen molar-refractivity contribution >= 4 is 24.4 Å². The number of amides is 1. The van der Waals surface area contributed by atoms with Crippen LogP contribution in [0.1, 0.15) is 41.6 Å². The van der Waals surface area contributed by atoms with Crippen LogP contribution in [-0.2, 0) is 9.57 Å². The maximum atomic E-state index is 14.3. The molecule has 1 aliphatic rings. The zero-order valence-corrected chi connectivity index (χ0v) is 18.8. The minimum atomic E-state index is -4.88. The maximum absolute atomic E-state index is 14.3. The Morgan fingerprint density at radius 3 is 2.33 bits per heavy atom. The van der Waals surface area contributed by atoms with Crippen LogP contribution in [-0.4, -0.2) is 37.1 Å². The molecule has 33 heavy (non-hydrogen) atoms. The molecule has 180 valence electrons. The molecule has 0 saturated carbocycles. The van der Waals surface area contributed by atoms with Crippen LogP contribution in [0.5, 0.6) is 0 Å². The maximum Gasteiger partial charge on any atom is 0.445 e. The fourth-order valence-electron chi connectivity index (χ4n) is 3.52. The average Bonchev–Trinajstić information content (AvgIpc) is 2.81. The number of carbonyl (C=O) groups excluding carboxylic acids is 1. The van der Waals surface area contributed by atoms with Gasteiger partial charge in [0.25, 0.3) is 11.7 Å². The molecule has 0 aliphatic carbocycles. The molecule has 2 aromatic carbocycles. The van der Waals surface area contributed by atoms with Crippen molar-refractivity contribution in [2.75, 3.05) is 13.2 Å². The molecule has 2 atom stereocenters. The fraction of sp³-hybridized carbons (Fsp3) is 0.375. The van der Waals surface area contributed by atoms with Gasteiger partial charge in [0.15, 0.2) is 0 Å². The summed E-state index contributed by atoms with van der Waals surface area (Å²) in [5, 5.41) is 3.09. The molecular formula is C24H28ClF3N2O3. The topological polar surface area (TPSA) is 59.6 Å². The van der Waals surface area contributed by atoms with Crippen LogP contribution in [0, 0.1) is 0 Å². The molecule has 1 heterocycles. The smallest absolute Gasteiger partial charge is 0.337 e. The van der Waals surface area contributed by atoms with Crippen LogP contribution in [0.3, 0.4) is 0 Å². The number of piperidine rings is 1. The van der Waals surface area contributed by atoms with E-state index < -0.39 is 30.3 Å². The molecule has 1 aliphatic heterocycles. The largest absolute Gasteiger partial charge is 0.445 e. The molecule has 3 rings (SSSR count). The van der Waals surface area contributed by atoms with Gasteiger partial charge in [0.2, 0.25) is 0 Å². The third-order valence-electron chi connectivity index (χ3n) is 5.23. The minimum Gasteiger partial charge on any atom is -0.337 e. The molecule has 5 nitrogen and oxygen atoms in total. The Morgan fingerprint density at radius 2 is 1.73 bits per heavy atom. The molecule has 2 aromatic rings. The quantitative estimate of drug-likeness (QED) is 0.375. The van der Waals surface area contributed by atoms with Crippen molar-refractivity contribution in [2.24, 2.45) is 0 Å². The van der Waals surface area contributed by atoms with Crippen molar-refractivity contribution in [3.05, 3.63) is 77.9 Å². The molecule has 0 radical (unpaired) electrons. The Morgan fingerprint density at radius 1 is 1.06 bits per heavy atom. The van der Waals surface area contributed by atoms with Crippen LogP contribution >= 0.6 is 12.4 Å². The molecule has 0 spiro atoms. The normalized spacial score (nSPS) is 18.3. The van der Waals surface area contributed by atoms with Crippen LogP contribution in [0.4, 0.5) is 13.2 Å². The predicted octanol–water partition coefficient (Wildman–Crippen LogP) is 5.29. The van der Waals surface area contributed by atoms with Gasteiger partial charge in [0.1, 0.15) is 0 Å². The van der Waals surface area contributed by atoms with E-state index in [9.17, 15) is 18.0 Å². The Labute approximate surface area is 197 Å². The molecule has 1 saturated heterocycles. The lowest BCUT2D eigenvalue weighted by Gasteiger charge is -2.38. The highest BCUT2D eigenvalue weighted by Gasteiger charge is 2.59. The number of halogens is 4. The first-order valence-corrected chi connectivity index (χ1v) is 10.6. The van der Waals surface area contributed by atoms with Crippen LogP contribution in [0.25, 0.3) is 6.08 Å². The van der Waals surface area contributed by atoms with Gasteiger partial charge >= 0.3 is 6.18 Å². The summed E-state index contributed by atoms with van der Waals surface area (Å²) in [7, 11) is 0. The number of alkyl halides is 3. The Balaban J connectivity index is 0.00000385. The number of hydroxylamine groups is 1. The summed E-state index contributed by atoms with van der Waals surface area (Å²) in [6.07, 6.45) is 0.0885. The van der Waals surface area contributed by atoms with Crippen molar-refractivity contribution < 1.29 is 27.5 Å². The summed E-state index contributed by atoms with van der Waals surface area (Å²) in [4.78, 5) is 17.4. The fourth-order valence-corrected chi connectivity index (χ4v) is 3.52. The second kappa shape index (κ2) is 12.7. The van der Waals surface area contributed by atoms with E-state index in [0.717, 1.165) is 18.4 Å². The minimum absolute atomic E-state index is 0. The first-order valence-electron chi connectivity index (χ1n) is 10.6. The van der Waals surface area contributed by atoms with E-state index in [2.05, 4.69) is 5.32 Å². The first kappa shape index (κ1) is 26.9. The third kappa shape index (κ3) is 7.85. The molecule has 2 unspecified atom stereocenters. The molecule has 1 fully saturated rings. The summed E-state index contributed by atoms with van der Waals surface area (Å²) < 4.78 is 48.2. The van der Waals surface area contributed by atoms with Gasteiger partial charge < -0.3 is 10.1 Å². The highest BCUT2D eigenvalue weighted by Crippen LogP contribution is 2.39. The molecule has 0 aromatic heterocycles. The third-order valence-corrected chi connectivity index (χ3v) is 5.23. The molecule has 2 N–H and O–H groups in total. The van der Waals surface area contributed by atoms with E-state index in [1.165, 1.54) is 18.2 Å². The Kier molecular flexibility index (Phi) is 10.4. The molecular weight excluding hydrogens is 457 g/mol. The summed E-state index contributed by atoms with van der Waals surface area (Å²) in [6.45, 7) is 0.283. The summed E-state index contributed by atoms with van der Waals surface area (Å²) >= 11 is 0. The van der Waals surface area contributed by atoms with Gasteiger partial charge in [-0.3, -0.25) is 4.79 Å². The Bertz CT molecular complexity index is 876. The second-order valence-electron chi connectivity index (χ2n) is 7.62. The van der Waals surface area contributed by atoms with Crippen LogP contribution in [0.2, 0.25) is 0 Å². The van der Waals surface area contributed by atoms with Gasteiger partial charge in [-0.2, -0.15) is 13.2 Å². The van der Waals surface area contributed by atoms with Crippen molar-refractivity contribution in [2.45, 2.75) is 43.7 Å². The van der Waals surface area contributed by atoms with Crippen molar-refractivity contribution in [1.82, 2.24) is 10.8 Å². The SMILES string of the molecule is Cl.O=C(NOC(CC1CCCCN1)(OC/C=C/c1ccccc1)C(F)(F)F)c1ccccc1. The van der Waals surface area contributed by atoms with E-state index in [1.54, 1.807) is 24.3 Å². The van der Waals surface area contributed by atoms with E-state index in [0.29, 0.717) is 13.0 Å². The van der Waals surface area contributed by atoms with E-state index in [1.807, 2.05) is 35.8 Å². The van der Waals surface area contributed by atoms with Gasteiger partial charge in [0, 0.05) is 18.0 Å². The lowest BCUT2D eigenvalue weighted by atomic mass is 9.97. The highest BCUT2D eigenvalue weighted by molar-refractivity contribution is 5.93. The number of hydrogen-bond donors (Lipinski definition) is 2. The zero-order valence-electron chi connectivity index (χ0n) is 18.0. The number of benzene rings is 2. The van der Waals surface area contributed by atoms with Crippen LogP contribution in [0.15, 0.2) is 66.7 Å². The lowest BCUT2D eigenvalue weighted by Crippen LogP contribution is -2.57. The zero-order chi connectivity index (χ0) is 22.9. The van der Waals surface area contributed by atoms with E-state index in [4.69, 9.17) is 9.57 Å². The van der Waals surface area contributed by atoms with Gasteiger partial charge in [0.05, 0.1) is 6.61 Å². The van der Waals surface area contributed by atoms with Gasteiger partial charge in [-0.25, -0.2) is 10.3 Å². The summed E-state index contributed by atoms with van der Waals surface area (Å²) in [5.41, 5.74) is 2.98. The monoisotopic (exact) mass is 484 g/mol. The molecule has 0 bridgehead atoms. The average molecular weight is 485 g/mol. The number of carbonyl (C=O) groups is 1.